The summed E-state index contributed by atoms with van der Waals surface area (Å²) in [5.74, 6) is -0.186. The second-order valence-corrected chi connectivity index (χ2v) is 5.38. The van der Waals surface area contributed by atoms with Crippen molar-refractivity contribution in [2.75, 3.05) is 13.1 Å². The normalized spacial score (nSPS) is 26.1. The third-order valence-electron chi connectivity index (χ3n) is 3.46. The van der Waals surface area contributed by atoms with Gasteiger partial charge in [0.2, 0.25) is 0 Å². The smallest absolute Gasteiger partial charge is 0.123 e. The number of aliphatic hydroxyl groups is 1. The summed E-state index contributed by atoms with van der Waals surface area (Å²) in [6.45, 7) is 6.24. The van der Waals surface area contributed by atoms with Crippen LogP contribution >= 0.6 is 0 Å². The van der Waals surface area contributed by atoms with E-state index in [9.17, 15) is 9.50 Å². The molecule has 1 aromatic rings. The monoisotopic (exact) mass is 237 g/mol. The highest BCUT2D eigenvalue weighted by atomic mass is 19.1. The van der Waals surface area contributed by atoms with Crippen LogP contribution in [-0.2, 0) is 6.54 Å². The third kappa shape index (κ3) is 3.27. The molecule has 1 aromatic carbocycles. The highest BCUT2D eigenvalue weighted by molar-refractivity contribution is 5.26. The molecule has 1 unspecified atom stereocenters. The van der Waals surface area contributed by atoms with Gasteiger partial charge in [-0.1, -0.05) is 6.07 Å². The van der Waals surface area contributed by atoms with Gasteiger partial charge >= 0.3 is 0 Å². The van der Waals surface area contributed by atoms with Gasteiger partial charge in [0.05, 0.1) is 5.60 Å². The summed E-state index contributed by atoms with van der Waals surface area (Å²) in [4.78, 5) is 2.20. The van der Waals surface area contributed by atoms with Crippen LogP contribution in [0.2, 0.25) is 0 Å². The van der Waals surface area contributed by atoms with Crippen molar-refractivity contribution >= 4 is 0 Å². The number of aryl methyl sites for hydroxylation is 1. The molecule has 1 saturated heterocycles. The fraction of sp³-hybridized carbons (Fsp3) is 0.571. The van der Waals surface area contributed by atoms with Crippen LogP contribution < -0.4 is 0 Å². The van der Waals surface area contributed by atoms with Gasteiger partial charge in [-0.05, 0) is 56.5 Å². The highest BCUT2D eigenvalue weighted by Gasteiger charge is 2.28. The molecule has 1 aliphatic heterocycles. The SMILES string of the molecule is Cc1ccc(F)cc1CN1CCCC(C)(O)C1. The molecule has 0 aromatic heterocycles. The lowest BCUT2D eigenvalue weighted by Crippen LogP contribution is -2.45. The molecule has 3 heteroatoms. The van der Waals surface area contributed by atoms with E-state index in [0.29, 0.717) is 6.54 Å². The van der Waals surface area contributed by atoms with Crippen LogP contribution in [0.15, 0.2) is 18.2 Å². The van der Waals surface area contributed by atoms with Crippen molar-refractivity contribution in [1.29, 1.82) is 0 Å². The largest absolute Gasteiger partial charge is 0.389 e. The van der Waals surface area contributed by atoms with E-state index in [4.69, 9.17) is 0 Å². The van der Waals surface area contributed by atoms with Crippen molar-refractivity contribution in [3.63, 3.8) is 0 Å². The van der Waals surface area contributed by atoms with E-state index in [0.717, 1.165) is 37.1 Å². The Morgan fingerprint density at radius 1 is 1.47 bits per heavy atom. The zero-order valence-electron chi connectivity index (χ0n) is 10.5. The maximum absolute atomic E-state index is 13.2. The molecule has 1 N–H and O–H groups in total. The van der Waals surface area contributed by atoms with Gasteiger partial charge in [-0.15, -0.1) is 0 Å². The molecule has 2 nitrogen and oxygen atoms in total. The second kappa shape index (κ2) is 4.75. The zero-order valence-corrected chi connectivity index (χ0v) is 10.5. The maximum Gasteiger partial charge on any atom is 0.123 e. The van der Waals surface area contributed by atoms with E-state index in [1.807, 2.05) is 19.9 Å². The fourth-order valence-corrected chi connectivity index (χ4v) is 2.51. The van der Waals surface area contributed by atoms with Crippen LogP contribution in [-0.4, -0.2) is 28.7 Å². The minimum absolute atomic E-state index is 0.186. The summed E-state index contributed by atoms with van der Waals surface area (Å²) < 4.78 is 13.2. The highest BCUT2D eigenvalue weighted by Crippen LogP contribution is 2.22. The van der Waals surface area contributed by atoms with Gasteiger partial charge in [0.1, 0.15) is 5.82 Å². The van der Waals surface area contributed by atoms with Gasteiger partial charge in [-0.3, -0.25) is 4.90 Å². The molecule has 1 heterocycles. The Balaban J connectivity index is 2.07. The van der Waals surface area contributed by atoms with Gasteiger partial charge in [0.25, 0.3) is 0 Å². The van der Waals surface area contributed by atoms with E-state index < -0.39 is 5.60 Å². The summed E-state index contributed by atoms with van der Waals surface area (Å²) in [7, 11) is 0. The van der Waals surface area contributed by atoms with E-state index >= 15 is 0 Å². The molecule has 0 bridgehead atoms. The first-order valence-electron chi connectivity index (χ1n) is 6.16. The first-order valence-corrected chi connectivity index (χ1v) is 6.16. The number of β-amino-alcohol motifs (C(OH)–C–C–N with tert-alkyl or cyclic N) is 1. The first-order chi connectivity index (χ1) is 7.96. The summed E-state index contributed by atoms with van der Waals surface area (Å²) in [5.41, 5.74) is 1.53. The molecule has 1 fully saturated rings. The molecular formula is C14H20FNO. The van der Waals surface area contributed by atoms with Gasteiger partial charge in [0.15, 0.2) is 0 Å². The average molecular weight is 237 g/mol. The van der Waals surface area contributed by atoms with E-state index in [1.54, 1.807) is 6.07 Å². The molecule has 94 valence electrons. The molecule has 17 heavy (non-hydrogen) atoms. The Hall–Kier alpha value is -0.930. The maximum atomic E-state index is 13.2. The van der Waals surface area contributed by atoms with Gasteiger partial charge < -0.3 is 5.11 Å². The lowest BCUT2D eigenvalue weighted by atomic mass is 9.94. The Labute approximate surface area is 102 Å². The number of piperidine rings is 1. The minimum Gasteiger partial charge on any atom is -0.389 e. The summed E-state index contributed by atoms with van der Waals surface area (Å²) >= 11 is 0. The quantitative estimate of drug-likeness (QED) is 0.854. The second-order valence-electron chi connectivity index (χ2n) is 5.38. The first kappa shape index (κ1) is 12.5. The van der Waals surface area contributed by atoms with Crippen molar-refractivity contribution in [3.8, 4) is 0 Å². The average Bonchev–Trinajstić information content (AvgIpc) is 2.22. The lowest BCUT2D eigenvalue weighted by Gasteiger charge is -2.37. The molecule has 0 spiro atoms. The number of rotatable bonds is 2. The topological polar surface area (TPSA) is 23.5 Å². The van der Waals surface area contributed by atoms with Gasteiger partial charge in [0, 0.05) is 13.1 Å². The summed E-state index contributed by atoms with van der Waals surface area (Å²) in [6.07, 6.45) is 1.85. The minimum atomic E-state index is -0.598. The van der Waals surface area contributed by atoms with Gasteiger partial charge in [-0.2, -0.15) is 0 Å². The van der Waals surface area contributed by atoms with E-state index in [1.165, 1.54) is 6.07 Å². The molecule has 0 radical (unpaired) electrons. The molecule has 0 amide bonds. The van der Waals surface area contributed by atoms with Crippen LogP contribution in [0.5, 0.6) is 0 Å². The third-order valence-corrected chi connectivity index (χ3v) is 3.46. The van der Waals surface area contributed by atoms with Crippen LogP contribution in [0.25, 0.3) is 0 Å². The number of hydrogen-bond acceptors (Lipinski definition) is 2. The molecule has 2 rings (SSSR count). The number of hydrogen-bond donors (Lipinski definition) is 1. The Morgan fingerprint density at radius 2 is 2.24 bits per heavy atom. The van der Waals surface area contributed by atoms with Crippen LogP contribution in [0.1, 0.15) is 30.9 Å². The number of benzene rings is 1. The Kier molecular flexibility index (Phi) is 3.50. The van der Waals surface area contributed by atoms with E-state index in [-0.39, 0.29) is 5.82 Å². The van der Waals surface area contributed by atoms with Crippen molar-refractivity contribution in [2.45, 2.75) is 38.8 Å². The summed E-state index contributed by atoms with van der Waals surface area (Å²) in [6, 6.07) is 4.90. The fourth-order valence-electron chi connectivity index (χ4n) is 2.51. The number of halogens is 1. The molecule has 1 aliphatic rings. The van der Waals surface area contributed by atoms with Crippen molar-refractivity contribution in [3.05, 3.63) is 35.1 Å². The Bertz CT molecular complexity index is 403. The summed E-state index contributed by atoms with van der Waals surface area (Å²) in [5, 5.41) is 10.0. The lowest BCUT2D eigenvalue weighted by molar-refractivity contribution is -0.0182. The molecule has 0 aliphatic carbocycles. The molecular weight excluding hydrogens is 217 g/mol. The van der Waals surface area contributed by atoms with Crippen LogP contribution in [0, 0.1) is 12.7 Å². The zero-order chi connectivity index (χ0) is 12.5. The van der Waals surface area contributed by atoms with Crippen molar-refractivity contribution in [1.82, 2.24) is 4.90 Å². The van der Waals surface area contributed by atoms with Crippen molar-refractivity contribution < 1.29 is 9.50 Å². The van der Waals surface area contributed by atoms with Crippen molar-refractivity contribution in [2.24, 2.45) is 0 Å². The van der Waals surface area contributed by atoms with Crippen LogP contribution in [0.3, 0.4) is 0 Å². The standard InChI is InChI=1S/C14H20FNO/c1-11-4-5-13(15)8-12(11)9-16-7-3-6-14(2,17)10-16/h4-5,8,17H,3,6-7,9-10H2,1-2H3. The van der Waals surface area contributed by atoms with Gasteiger partial charge in [-0.25, -0.2) is 4.39 Å². The van der Waals surface area contributed by atoms with E-state index in [2.05, 4.69) is 4.90 Å². The predicted molar refractivity (Wildman–Crippen MR) is 66.3 cm³/mol. The molecule has 0 saturated carbocycles. The number of nitrogens with zero attached hydrogens (tertiary/aromatic N) is 1. The predicted octanol–water partition coefficient (Wildman–Crippen LogP) is 2.48. The van der Waals surface area contributed by atoms with Crippen LogP contribution in [0.4, 0.5) is 4.39 Å². The number of likely N-dealkylation sites (tertiary alicyclic amines) is 1. The Morgan fingerprint density at radius 3 is 2.94 bits per heavy atom. The molecule has 1 atom stereocenters.